The second-order valence-corrected chi connectivity index (χ2v) is 6.31. The lowest BCUT2D eigenvalue weighted by atomic mass is 9.84. The van der Waals surface area contributed by atoms with Gasteiger partial charge in [0.05, 0.1) is 5.92 Å². The molecule has 2 rings (SSSR count). The Morgan fingerprint density at radius 2 is 2.10 bits per heavy atom. The Morgan fingerprint density at radius 3 is 2.76 bits per heavy atom. The van der Waals surface area contributed by atoms with E-state index in [2.05, 4.69) is 17.3 Å². The fourth-order valence-electron chi connectivity index (χ4n) is 3.57. The van der Waals surface area contributed by atoms with Gasteiger partial charge in [-0.3, -0.25) is 4.79 Å². The molecule has 21 heavy (non-hydrogen) atoms. The molecule has 3 unspecified atom stereocenters. The highest BCUT2D eigenvalue weighted by atomic mass is 16.4. The summed E-state index contributed by atoms with van der Waals surface area (Å²) in [4.78, 5) is 27.5. The van der Waals surface area contributed by atoms with Crippen LogP contribution in [0.4, 0.5) is 4.79 Å². The first-order valence-corrected chi connectivity index (χ1v) is 7.98. The Hall–Kier alpha value is -1.30. The molecule has 2 aliphatic rings. The SMILES string of the molecule is CCC(CNC(=O)N1CCC2C(CCCN2C)C1)C(=O)O. The van der Waals surface area contributed by atoms with Crippen LogP contribution in [0.15, 0.2) is 0 Å². The molecule has 2 aliphatic heterocycles. The van der Waals surface area contributed by atoms with Gasteiger partial charge in [-0.2, -0.15) is 0 Å². The molecule has 2 fully saturated rings. The summed E-state index contributed by atoms with van der Waals surface area (Å²) in [6.45, 7) is 4.76. The van der Waals surface area contributed by atoms with Crippen molar-refractivity contribution in [3.05, 3.63) is 0 Å². The minimum atomic E-state index is -0.842. The molecule has 2 heterocycles. The average molecular weight is 297 g/mol. The lowest BCUT2D eigenvalue weighted by Crippen LogP contribution is -2.56. The number of rotatable bonds is 4. The minimum absolute atomic E-state index is 0.110. The van der Waals surface area contributed by atoms with Crippen molar-refractivity contribution in [3.8, 4) is 0 Å². The van der Waals surface area contributed by atoms with E-state index < -0.39 is 11.9 Å². The van der Waals surface area contributed by atoms with Crippen LogP contribution in [0.3, 0.4) is 0 Å². The van der Waals surface area contributed by atoms with Gasteiger partial charge in [0.25, 0.3) is 0 Å². The Morgan fingerprint density at radius 1 is 1.33 bits per heavy atom. The molecule has 0 aliphatic carbocycles. The average Bonchev–Trinajstić information content (AvgIpc) is 2.47. The van der Waals surface area contributed by atoms with Crippen LogP contribution in [0, 0.1) is 11.8 Å². The number of urea groups is 1. The lowest BCUT2D eigenvalue weighted by Gasteiger charge is -2.45. The second-order valence-electron chi connectivity index (χ2n) is 6.31. The van der Waals surface area contributed by atoms with Crippen LogP contribution >= 0.6 is 0 Å². The number of fused-ring (bicyclic) bond motifs is 1. The Bertz CT molecular complexity index is 388. The molecule has 2 amide bonds. The van der Waals surface area contributed by atoms with Crippen molar-refractivity contribution in [1.29, 1.82) is 0 Å². The number of carboxylic acid groups (broad SMARTS) is 1. The number of piperidine rings is 2. The quantitative estimate of drug-likeness (QED) is 0.818. The molecule has 0 radical (unpaired) electrons. The fraction of sp³-hybridized carbons (Fsp3) is 0.867. The summed E-state index contributed by atoms with van der Waals surface area (Å²) in [5.74, 6) is -0.776. The number of hydrogen-bond donors (Lipinski definition) is 2. The van der Waals surface area contributed by atoms with Crippen LogP contribution in [0.5, 0.6) is 0 Å². The Kier molecular flexibility index (Phi) is 5.45. The third-order valence-electron chi connectivity index (χ3n) is 4.97. The number of aliphatic carboxylic acids is 1. The zero-order valence-corrected chi connectivity index (χ0v) is 13.0. The first-order valence-electron chi connectivity index (χ1n) is 7.98. The molecule has 0 aromatic heterocycles. The largest absolute Gasteiger partial charge is 0.481 e. The van der Waals surface area contributed by atoms with Gasteiger partial charge >= 0.3 is 12.0 Å². The van der Waals surface area contributed by atoms with Crippen molar-refractivity contribution in [1.82, 2.24) is 15.1 Å². The van der Waals surface area contributed by atoms with Crippen molar-refractivity contribution in [2.24, 2.45) is 11.8 Å². The van der Waals surface area contributed by atoms with Gasteiger partial charge in [-0.25, -0.2) is 4.79 Å². The molecule has 0 bridgehead atoms. The topological polar surface area (TPSA) is 72.9 Å². The van der Waals surface area contributed by atoms with Crippen molar-refractivity contribution >= 4 is 12.0 Å². The lowest BCUT2D eigenvalue weighted by molar-refractivity contribution is -0.141. The van der Waals surface area contributed by atoms with E-state index in [0.29, 0.717) is 18.4 Å². The summed E-state index contributed by atoms with van der Waals surface area (Å²) < 4.78 is 0. The summed E-state index contributed by atoms with van der Waals surface area (Å²) >= 11 is 0. The molecule has 120 valence electrons. The molecule has 0 aromatic rings. The smallest absolute Gasteiger partial charge is 0.317 e. The molecule has 2 N–H and O–H groups in total. The van der Waals surface area contributed by atoms with Gasteiger partial charge in [-0.15, -0.1) is 0 Å². The highest BCUT2D eigenvalue weighted by Crippen LogP contribution is 2.29. The van der Waals surface area contributed by atoms with Crippen LogP contribution in [-0.2, 0) is 4.79 Å². The highest BCUT2D eigenvalue weighted by Gasteiger charge is 2.35. The van der Waals surface area contributed by atoms with E-state index in [9.17, 15) is 9.59 Å². The van der Waals surface area contributed by atoms with Gasteiger partial charge in [-0.05, 0) is 45.2 Å². The Labute approximate surface area is 126 Å². The third kappa shape index (κ3) is 3.87. The monoisotopic (exact) mass is 297 g/mol. The zero-order valence-electron chi connectivity index (χ0n) is 13.0. The standard InChI is InChI=1S/C15H27N3O3/c1-3-11(14(19)20)9-16-15(21)18-8-6-13-12(10-18)5-4-7-17(13)2/h11-13H,3-10H2,1-2H3,(H,16,21)(H,19,20). The molecular formula is C15H27N3O3. The maximum Gasteiger partial charge on any atom is 0.317 e. The maximum atomic E-state index is 12.2. The van der Waals surface area contributed by atoms with Crippen LogP contribution in [-0.4, -0.2) is 66.2 Å². The van der Waals surface area contributed by atoms with Gasteiger partial charge in [0, 0.05) is 25.7 Å². The van der Waals surface area contributed by atoms with Crippen LogP contribution in [0.1, 0.15) is 32.6 Å². The van der Waals surface area contributed by atoms with Crippen molar-refractivity contribution in [2.75, 3.05) is 33.2 Å². The fourth-order valence-corrected chi connectivity index (χ4v) is 3.57. The number of carbonyl (C=O) groups is 2. The Balaban J connectivity index is 1.82. The van der Waals surface area contributed by atoms with E-state index in [0.717, 1.165) is 26.1 Å². The number of amides is 2. The van der Waals surface area contributed by atoms with E-state index in [-0.39, 0.29) is 12.6 Å². The maximum absolute atomic E-state index is 12.2. The van der Waals surface area contributed by atoms with Gasteiger partial charge in [0.15, 0.2) is 0 Å². The summed E-state index contributed by atoms with van der Waals surface area (Å²) in [6, 6.07) is 0.492. The minimum Gasteiger partial charge on any atom is -0.481 e. The summed E-state index contributed by atoms with van der Waals surface area (Å²) in [5, 5.41) is 11.8. The van der Waals surface area contributed by atoms with E-state index in [4.69, 9.17) is 5.11 Å². The van der Waals surface area contributed by atoms with E-state index >= 15 is 0 Å². The third-order valence-corrected chi connectivity index (χ3v) is 4.97. The van der Waals surface area contributed by atoms with Crippen molar-refractivity contribution < 1.29 is 14.7 Å². The molecule has 6 nitrogen and oxygen atoms in total. The van der Waals surface area contributed by atoms with Gasteiger partial charge in [0.2, 0.25) is 0 Å². The van der Waals surface area contributed by atoms with Crippen LogP contribution in [0.25, 0.3) is 0 Å². The van der Waals surface area contributed by atoms with Gasteiger partial charge < -0.3 is 20.2 Å². The molecule has 0 saturated carbocycles. The van der Waals surface area contributed by atoms with E-state index in [1.54, 1.807) is 0 Å². The summed E-state index contributed by atoms with van der Waals surface area (Å²) in [7, 11) is 2.17. The van der Waals surface area contributed by atoms with E-state index in [1.165, 1.54) is 12.8 Å². The first kappa shape index (κ1) is 16.1. The zero-order chi connectivity index (χ0) is 15.4. The van der Waals surface area contributed by atoms with Crippen molar-refractivity contribution in [2.45, 2.75) is 38.6 Å². The number of likely N-dealkylation sites (tertiary alicyclic amines) is 2. The highest BCUT2D eigenvalue weighted by molar-refractivity contribution is 5.76. The predicted octanol–water partition coefficient (Wildman–Crippen LogP) is 1.22. The molecule has 3 atom stereocenters. The van der Waals surface area contributed by atoms with Gasteiger partial charge in [0.1, 0.15) is 0 Å². The normalized spacial score (nSPS) is 27.8. The first-order chi connectivity index (χ1) is 10.0. The molecule has 0 spiro atoms. The molecule has 0 aromatic carbocycles. The number of carbonyl (C=O) groups excluding carboxylic acids is 1. The molecular weight excluding hydrogens is 270 g/mol. The molecule has 6 heteroatoms. The van der Waals surface area contributed by atoms with E-state index in [1.807, 2.05) is 11.8 Å². The van der Waals surface area contributed by atoms with Crippen LogP contribution < -0.4 is 5.32 Å². The molecule has 2 saturated heterocycles. The number of nitrogens with zero attached hydrogens (tertiary/aromatic N) is 2. The van der Waals surface area contributed by atoms with Crippen LogP contribution in [0.2, 0.25) is 0 Å². The number of carboxylic acids is 1. The van der Waals surface area contributed by atoms with Gasteiger partial charge in [-0.1, -0.05) is 6.92 Å². The predicted molar refractivity (Wildman–Crippen MR) is 80.1 cm³/mol. The number of nitrogens with one attached hydrogen (secondary N) is 1. The summed E-state index contributed by atoms with van der Waals surface area (Å²) in [5.41, 5.74) is 0. The second kappa shape index (κ2) is 7.11. The van der Waals surface area contributed by atoms with Crippen molar-refractivity contribution in [3.63, 3.8) is 0 Å². The summed E-state index contributed by atoms with van der Waals surface area (Å²) in [6.07, 6.45) is 3.94. The number of hydrogen-bond acceptors (Lipinski definition) is 3.